The Morgan fingerprint density at radius 3 is 2.56 bits per heavy atom. The van der Waals surface area contributed by atoms with E-state index in [1.807, 2.05) is 6.92 Å². The number of aromatic nitrogens is 3. The first-order chi connectivity index (χ1) is 8.29. The van der Waals surface area contributed by atoms with Crippen LogP contribution in [-0.4, -0.2) is 23.2 Å². The maximum absolute atomic E-state index is 12.0. The number of nitrogens with one attached hydrogen (secondary N) is 2. The van der Waals surface area contributed by atoms with E-state index in [1.54, 1.807) is 17.8 Å². The van der Waals surface area contributed by atoms with E-state index in [1.165, 1.54) is 6.92 Å². The van der Waals surface area contributed by atoms with E-state index in [0.717, 1.165) is 5.69 Å². The van der Waals surface area contributed by atoms with Gasteiger partial charge in [-0.25, -0.2) is 8.42 Å². The molecule has 0 atom stereocenters. The predicted molar refractivity (Wildman–Crippen MR) is 68.4 cm³/mol. The summed E-state index contributed by atoms with van der Waals surface area (Å²) in [5, 5.41) is 4.00. The highest BCUT2D eigenvalue weighted by Crippen LogP contribution is 2.19. The molecule has 2 rings (SSSR count). The van der Waals surface area contributed by atoms with Crippen molar-refractivity contribution in [3.63, 3.8) is 0 Å². The van der Waals surface area contributed by atoms with Gasteiger partial charge in [0.2, 0.25) is 0 Å². The zero-order valence-corrected chi connectivity index (χ0v) is 11.6. The number of hydrogen-bond donors (Lipinski definition) is 2. The Labute approximate surface area is 108 Å². The van der Waals surface area contributed by atoms with Gasteiger partial charge in [0.05, 0.1) is 0 Å². The van der Waals surface area contributed by atoms with Gasteiger partial charge in [-0.2, -0.15) is 5.10 Å². The molecule has 0 saturated carbocycles. The second-order valence-electron chi connectivity index (χ2n) is 3.83. The molecule has 0 unspecified atom stereocenters. The fraction of sp³-hybridized carbons (Fsp3) is 0.333. The van der Waals surface area contributed by atoms with Gasteiger partial charge in [0.1, 0.15) is 0 Å². The van der Waals surface area contributed by atoms with Crippen LogP contribution in [0.2, 0.25) is 0 Å². The molecule has 0 aromatic carbocycles. The van der Waals surface area contributed by atoms with Crippen LogP contribution in [0, 0.1) is 13.8 Å². The molecule has 18 heavy (non-hydrogen) atoms. The second kappa shape index (κ2) is 4.25. The lowest BCUT2D eigenvalue weighted by atomic mass is 10.5. The number of rotatable bonds is 3. The zero-order valence-electron chi connectivity index (χ0n) is 10.0. The third-order valence-corrected chi connectivity index (χ3v) is 5.34. The first-order valence-corrected chi connectivity index (χ1v) is 7.33. The number of anilines is 1. The van der Waals surface area contributed by atoms with Crippen molar-refractivity contribution >= 4 is 27.2 Å². The Hall–Kier alpha value is -1.61. The van der Waals surface area contributed by atoms with Crippen molar-refractivity contribution in [2.45, 2.75) is 18.1 Å². The van der Waals surface area contributed by atoms with Crippen molar-refractivity contribution in [1.82, 2.24) is 14.8 Å². The highest BCUT2D eigenvalue weighted by Gasteiger charge is 2.21. The molecule has 0 fully saturated rings. The van der Waals surface area contributed by atoms with Gasteiger partial charge in [0.15, 0.2) is 10.0 Å². The third-order valence-electron chi connectivity index (χ3n) is 2.38. The van der Waals surface area contributed by atoms with Gasteiger partial charge in [0.25, 0.3) is 10.0 Å². The van der Waals surface area contributed by atoms with Crippen molar-refractivity contribution in [3.8, 4) is 0 Å². The Morgan fingerprint density at radius 1 is 1.44 bits per heavy atom. The molecule has 2 N–H and O–H groups in total. The molecular formula is C9H12N4O3S2. The molecule has 0 bridgehead atoms. The lowest BCUT2D eigenvalue weighted by molar-refractivity contribution is 0.602. The van der Waals surface area contributed by atoms with Crippen molar-refractivity contribution in [3.05, 3.63) is 27.1 Å². The molecule has 7 nitrogen and oxygen atoms in total. The molecule has 2 aromatic heterocycles. The highest BCUT2D eigenvalue weighted by molar-refractivity contribution is 7.94. The summed E-state index contributed by atoms with van der Waals surface area (Å²) in [4.78, 5) is 13.2. The van der Waals surface area contributed by atoms with E-state index in [4.69, 9.17) is 0 Å². The average Bonchev–Trinajstić information content (AvgIpc) is 2.70. The van der Waals surface area contributed by atoms with Gasteiger partial charge in [-0.15, -0.1) is 0 Å². The highest BCUT2D eigenvalue weighted by atomic mass is 32.2. The minimum absolute atomic E-state index is 0.0178. The summed E-state index contributed by atoms with van der Waals surface area (Å²) >= 11 is 0.655. The first kappa shape index (κ1) is 12.8. The lowest BCUT2D eigenvalue weighted by Gasteiger charge is -2.02. The molecule has 9 heteroatoms. The van der Waals surface area contributed by atoms with Gasteiger partial charge < -0.3 is 4.98 Å². The fourth-order valence-corrected chi connectivity index (χ4v) is 3.73. The van der Waals surface area contributed by atoms with E-state index >= 15 is 0 Å². The topological polar surface area (TPSA) is 96.9 Å². The summed E-state index contributed by atoms with van der Waals surface area (Å²) in [7, 11) is -2.05. The summed E-state index contributed by atoms with van der Waals surface area (Å²) in [5.41, 5.74) is 1.15. The minimum Gasteiger partial charge on any atom is -0.315 e. The van der Waals surface area contributed by atoms with Crippen LogP contribution in [0.15, 0.2) is 15.1 Å². The minimum atomic E-state index is -3.77. The Bertz CT molecular complexity index is 719. The summed E-state index contributed by atoms with van der Waals surface area (Å²) in [5.74, 6) is 0.232. The fourth-order valence-electron chi connectivity index (χ4n) is 1.44. The number of nitrogens with zero attached hydrogens (tertiary/aromatic N) is 2. The molecule has 0 saturated heterocycles. The molecule has 2 aromatic rings. The maximum Gasteiger partial charge on any atom is 0.306 e. The molecule has 98 valence electrons. The number of thiazole rings is 1. The second-order valence-corrected chi connectivity index (χ2v) is 6.69. The van der Waals surface area contributed by atoms with E-state index in [9.17, 15) is 13.2 Å². The van der Waals surface area contributed by atoms with Gasteiger partial charge >= 0.3 is 4.87 Å². The number of aryl methyl sites for hydroxylation is 3. The molecule has 0 aliphatic carbocycles. The molecule has 0 amide bonds. The summed E-state index contributed by atoms with van der Waals surface area (Å²) in [6.07, 6.45) is 0. The Morgan fingerprint density at radius 2 is 2.11 bits per heavy atom. The summed E-state index contributed by atoms with van der Waals surface area (Å²) in [6, 6.07) is 1.61. The Balaban J connectivity index is 2.38. The summed E-state index contributed by atoms with van der Waals surface area (Å²) in [6.45, 7) is 3.35. The van der Waals surface area contributed by atoms with Crippen LogP contribution >= 0.6 is 11.3 Å². The van der Waals surface area contributed by atoms with Crippen LogP contribution in [0.25, 0.3) is 0 Å². The number of hydrogen-bond acceptors (Lipinski definition) is 5. The van der Waals surface area contributed by atoms with Gasteiger partial charge in [-0.1, -0.05) is 11.3 Å². The first-order valence-electron chi connectivity index (χ1n) is 5.03. The van der Waals surface area contributed by atoms with Gasteiger partial charge in [-0.05, 0) is 13.8 Å². The van der Waals surface area contributed by atoms with Crippen LogP contribution in [-0.2, 0) is 17.1 Å². The van der Waals surface area contributed by atoms with Gasteiger partial charge in [0, 0.05) is 24.5 Å². The maximum atomic E-state index is 12.0. The van der Waals surface area contributed by atoms with Crippen LogP contribution in [0.4, 0.5) is 5.82 Å². The molecule has 0 aliphatic rings. The average molecular weight is 288 g/mol. The standard InChI is InChI=1S/C9H12N4O3S2/c1-5-4-7(11-13(5)3)12-18(15,16)8-6(2)10-9(14)17-8/h4H,1-3H3,(H,10,14)(H,11,12). The summed E-state index contributed by atoms with van der Waals surface area (Å²) < 4.78 is 28.0. The number of sulfonamides is 1. The van der Waals surface area contributed by atoms with Crippen LogP contribution in [0.5, 0.6) is 0 Å². The van der Waals surface area contributed by atoms with E-state index < -0.39 is 14.9 Å². The zero-order chi connectivity index (χ0) is 13.5. The molecule has 0 aliphatic heterocycles. The van der Waals surface area contributed by atoms with Crippen molar-refractivity contribution in [2.75, 3.05) is 4.72 Å². The normalized spacial score (nSPS) is 11.7. The quantitative estimate of drug-likeness (QED) is 0.863. The molecular weight excluding hydrogens is 276 g/mol. The number of aromatic amines is 1. The van der Waals surface area contributed by atoms with Crippen LogP contribution in [0.1, 0.15) is 11.4 Å². The van der Waals surface area contributed by atoms with E-state index in [2.05, 4.69) is 14.8 Å². The number of H-pyrrole nitrogens is 1. The Kier molecular flexibility index (Phi) is 3.03. The molecule has 0 radical (unpaired) electrons. The van der Waals surface area contributed by atoms with E-state index in [-0.39, 0.29) is 10.0 Å². The van der Waals surface area contributed by atoms with Crippen LogP contribution in [0.3, 0.4) is 0 Å². The van der Waals surface area contributed by atoms with E-state index in [0.29, 0.717) is 17.0 Å². The van der Waals surface area contributed by atoms with Crippen molar-refractivity contribution in [1.29, 1.82) is 0 Å². The largest absolute Gasteiger partial charge is 0.315 e. The predicted octanol–water partition coefficient (Wildman–Crippen LogP) is 0.588. The lowest BCUT2D eigenvalue weighted by Crippen LogP contribution is -2.13. The monoisotopic (exact) mass is 288 g/mol. The smallest absolute Gasteiger partial charge is 0.306 e. The van der Waals surface area contributed by atoms with Gasteiger partial charge in [-0.3, -0.25) is 14.2 Å². The van der Waals surface area contributed by atoms with Crippen LogP contribution < -0.4 is 9.60 Å². The third kappa shape index (κ3) is 2.31. The van der Waals surface area contributed by atoms with Crippen molar-refractivity contribution in [2.24, 2.45) is 7.05 Å². The SMILES string of the molecule is Cc1[nH]c(=O)sc1S(=O)(=O)Nc1cc(C)n(C)n1. The molecule has 0 spiro atoms. The molecule has 2 heterocycles. The van der Waals surface area contributed by atoms with Crippen molar-refractivity contribution < 1.29 is 8.42 Å².